The second-order valence-electron chi connectivity index (χ2n) is 5.41. The Morgan fingerprint density at radius 3 is 2.73 bits per heavy atom. The van der Waals surface area contributed by atoms with Crippen LogP contribution in [0, 0.1) is 0 Å². The topological polar surface area (TPSA) is 69.1 Å². The number of benzene rings is 2. The molecule has 0 fully saturated rings. The summed E-state index contributed by atoms with van der Waals surface area (Å²) in [6.07, 6.45) is 1.44. The van der Waals surface area contributed by atoms with E-state index in [1.54, 1.807) is 6.07 Å². The van der Waals surface area contributed by atoms with Gasteiger partial charge in [-0.3, -0.25) is 4.79 Å². The fourth-order valence-corrected chi connectivity index (χ4v) is 2.99. The molecule has 1 aliphatic carbocycles. The Balaban J connectivity index is 1.84. The molecule has 2 aromatic carbocycles. The van der Waals surface area contributed by atoms with Crippen molar-refractivity contribution in [2.75, 3.05) is 0 Å². The minimum Gasteiger partial charge on any atom is -0.398 e. The Bertz CT molecular complexity index is 921. The van der Waals surface area contributed by atoms with Gasteiger partial charge in [-0.1, -0.05) is 41.6 Å². The maximum absolute atomic E-state index is 12.8. The number of nitrogens with two attached hydrogens (primary N) is 1. The number of carbonyl (C=O) groups excluding carboxylic acids is 1. The highest BCUT2D eigenvalue weighted by Gasteiger charge is 2.25. The second-order valence-corrected chi connectivity index (χ2v) is 5.41. The van der Waals surface area contributed by atoms with Gasteiger partial charge in [0.2, 0.25) is 5.78 Å². The first-order chi connectivity index (χ1) is 10.8. The summed E-state index contributed by atoms with van der Waals surface area (Å²) in [4.78, 5) is 12.8. The average Bonchev–Trinajstić information content (AvgIpc) is 2.99. The van der Waals surface area contributed by atoms with Crippen LogP contribution in [-0.2, 0) is 6.42 Å². The van der Waals surface area contributed by atoms with Crippen LogP contribution in [0.4, 0.5) is 0 Å². The number of hydrogen-bond acceptors (Lipinski definition) is 4. The number of carbonyl (C=O) groups is 1. The Morgan fingerprint density at radius 1 is 1.05 bits per heavy atom. The summed E-state index contributed by atoms with van der Waals surface area (Å²) < 4.78 is 5.23. The molecule has 4 heteroatoms. The van der Waals surface area contributed by atoms with E-state index in [1.165, 1.54) is 5.56 Å². The summed E-state index contributed by atoms with van der Waals surface area (Å²) in [6.45, 7) is 0. The molecule has 0 radical (unpaired) electrons. The molecular formula is C18H14N2O2. The summed E-state index contributed by atoms with van der Waals surface area (Å²) >= 11 is 0. The molecule has 1 heterocycles. The van der Waals surface area contributed by atoms with Gasteiger partial charge in [0.15, 0.2) is 11.3 Å². The maximum atomic E-state index is 12.8. The Hall–Kier alpha value is -2.88. The van der Waals surface area contributed by atoms with Crippen molar-refractivity contribution in [3.05, 3.63) is 70.9 Å². The maximum Gasteiger partial charge on any atom is 0.213 e. The third-order valence-electron chi connectivity index (χ3n) is 4.14. The molecule has 0 saturated carbocycles. The number of hydrogen-bond donors (Lipinski definition) is 1. The van der Waals surface area contributed by atoms with E-state index in [-0.39, 0.29) is 5.78 Å². The van der Waals surface area contributed by atoms with Gasteiger partial charge in [0.1, 0.15) is 0 Å². The second kappa shape index (κ2) is 4.84. The van der Waals surface area contributed by atoms with E-state index in [0.717, 1.165) is 17.4 Å². The number of aryl methyl sites for hydroxylation is 1. The minimum atomic E-state index is -0.142. The van der Waals surface area contributed by atoms with Crippen LogP contribution in [0.15, 0.2) is 58.6 Å². The Morgan fingerprint density at radius 2 is 1.82 bits per heavy atom. The first-order valence-electron chi connectivity index (χ1n) is 7.21. The zero-order chi connectivity index (χ0) is 15.1. The number of aromatic nitrogens is 1. The van der Waals surface area contributed by atoms with Gasteiger partial charge in [0.25, 0.3) is 0 Å². The van der Waals surface area contributed by atoms with Gasteiger partial charge in [-0.15, -0.1) is 0 Å². The molecule has 1 aliphatic rings. The van der Waals surface area contributed by atoms with E-state index in [2.05, 4.69) is 11.2 Å². The van der Waals surface area contributed by atoms with Crippen molar-refractivity contribution in [2.45, 2.75) is 12.8 Å². The van der Waals surface area contributed by atoms with Crippen LogP contribution in [0.1, 0.15) is 28.0 Å². The molecular weight excluding hydrogens is 276 g/mol. The summed E-state index contributed by atoms with van der Waals surface area (Å²) in [5.74, 6) is -0.142. The normalized spacial score (nSPS) is 14.2. The van der Waals surface area contributed by atoms with Crippen LogP contribution < -0.4 is 5.73 Å². The Kier molecular flexibility index (Phi) is 2.82. The average molecular weight is 290 g/mol. The van der Waals surface area contributed by atoms with Crippen LogP contribution in [0.2, 0.25) is 0 Å². The van der Waals surface area contributed by atoms with E-state index in [1.807, 2.05) is 36.4 Å². The highest BCUT2D eigenvalue weighted by atomic mass is 16.5. The number of para-hydroxylation sites is 1. The molecule has 108 valence electrons. The number of nitrogens with zero attached hydrogens (tertiary/aromatic N) is 1. The zero-order valence-corrected chi connectivity index (χ0v) is 11.9. The van der Waals surface area contributed by atoms with Crippen molar-refractivity contribution in [3.8, 4) is 0 Å². The summed E-state index contributed by atoms with van der Waals surface area (Å²) in [7, 11) is 0. The van der Waals surface area contributed by atoms with Crippen LogP contribution in [0.25, 0.3) is 16.7 Å². The third kappa shape index (κ3) is 1.84. The van der Waals surface area contributed by atoms with Gasteiger partial charge >= 0.3 is 0 Å². The predicted molar refractivity (Wildman–Crippen MR) is 84.2 cm³/mol. The Labute approximate surface area is 127 Å². The van der Waals surface area contributed by atoms with Crippen LogP contribution in [-0.4, -0.2) is 10.9 Å². The molecule has 3 aromatic rings. The monoisotopic (exact) mass is 290 g/mol. The lowest BCUT2D eigenvalue weighted by Crippen LogP contribution is -2.17. The van der Waals surface area contributed by atoms with Crippen molar-refractivity contribution < 1.29 is 9.32 Å². The van der Waals surface area contributed by atoms with E-state index < -0.39 is 0 Å². The lowest BCUT2D eigenvalue weighted by atomic mass is 9.87. The smallest absolute Gasteiger partial charge is 0.213 e. The van der Waals surface area contributed by atoms with Crippen molar-refractivity contribution in [3.63, 3.8) is 0 Å². The molecule has 0 saturated heterocycles. The largest absolute Gasteiger partial charge is 0.398 e. The van der Waals surface area contributed by atoms with Crippen molar-refractivity contribution in [2.24, 2.45) is 5.73 Å². The highest BCUT2D eigenvalue weighted by Crippen LogP contribution is 2.31. The molecule has 1 aromatic heterocycles. The van der Waals surface area contributed by atoms with Gasteiger partial charge in [0, 0.05) is 16.8 Å². The molecule has 0 amide bonds. The molecule has 0 aliphatic heterocycles. The van der Waals surface area contributed by atoms with Gasteiger partial charge in [-0.2, -0.15) is 0 Å². The number of Topliss-reactive ketones (excluding diaryl/α,β-unsaturated/α-hetero) is 1. The van der Waals surface area contributed by atoms with Gasteiger partial charge in [0.05, 0.1) is 5.39 Å². The van der Waals surface area contributed by atoms with Crippen molar-refractivity contribution in [1.29, 1.82) is 0 Å². The van der Waals surface area contributed by atoms with Gasteiger partial charge < -0.3 is 10.3 Å². The van der Waals surface area contributed by atoms with Crippen LogP contribution in [0.5, 0.6) is 0 Å². The lowest BCUT2D eigenvalue weighted by molar-refractivity contribution is 0.102. The fraction of sp³-hybridized carbons (Fsp3) is 0.111. The lowest BCUT2D eigenvalue weighted by Gasteiger charge is -2.19. The summed E-state index contributed by atoms with van der Waals surface area (Å²) in [5.41, 5.74) is 10.5. The first kappa shape index (κ1) is 12.8. The first-order valence-corrected chi connectivity index (χ1v) is 7.21. The molecule has 0 bridgehead atoms. The predicted octanol–water partition coefficient (Wildman–Crippen LogP) is 3.33. The number of ketones is 1. The van der Waals surface area contributed by atoms with Crippen LogP contribution in [0.3, 0.4) is 0 Å². The third-order valence-corrected chi connectivity index (χ3v) is 4.14. The SMILES string of the molecule is NC1=C(C(=O)c2noc3ccccc23)CCc2ccccc21. The summed E-state index contributed by atoms with van der Waals surface area (Å²) in [6, 6.07) is 15.3. The summed E-state index contributed by atoms with van der Waals surface area (Å²) in [5, 5.41) is 4.67. The quantitative estimate of drug-likeness (QED) is 0.735. The number of allylic oxidation sites excluding steroid dienone is 1. The van der Waals surface area contributed by atoms with Gasteiger partial charge in [-0.05, 0) is 30.5 Å². The highest BCUT2D eigenvalue weighted by molar-refractivity contribution is 6.17. The van der Waals surface area contributed by atoms with E-state index >= 15 is 0 Å². The number of rotatable bonds is 2. The standard InChI is InChI=1S/C18H14N2O2/c19-16-12-6-2-1-5-11(12)9-10-14(16)18(21)17-13-7-3-4-8-15(13)22-20-17/h1-8H,9-10,19H2. The molecule has 0 spiro atoms. The van der Waals surface area contributed by atoms with Crippen molar-refractivity contribution in [1.82, 2.24) is 5.16 Å². The van der Waals surface area contributed by atoms with Crippen LogP contribution >= 0.6 is 0 Å². The molecule has 0 atom stereocenters. The molecule has 4 nitrogen and oxygen atoms in total. The molecule has 4 rings (SSSR count). The van der Waals surface area contributed by atoms with Gasteiger partial charge in [-0.25, -0.2) is 0 Å². The molecule has 0 unspecified atom stereocenters. The van der Waals surface area contributed by atoms with Crippen molar-refractivity contribution >= 4 is 22.4 Å². The number of fused-ring (bicyclic) bond motifs is 2. The van der Waals surface area contributed by atoms with E-state index in [9.17, 15) is 4.79 Å². The minimum absolute atomic E-state index is 0.142. The molecule has 22 heavy (non-hydrogen) atoms. The fourth-order valence-electron chi connectivity index (χ4n) is 2.99. The zero-order valence-electron chi connectivity index (χ0n) is 11.9. The van der Waals surface area contributed by atoms with E-state index in [0.29, 0.717) is 29.0 Å². The van der Waals surface area contributed by atoms with E-state index in [4.69, 9.17) is 10.3 Å². The molecule has 2 N–H and O–H groups in total.